The van der Waals surface area contributed by atoms with Crippen LogP contribution in [0.15, 0.2) is 23.1 Å². The van der Waals surface area contributed by atoms with E-state index in [2.05, 4.69) is 0 Å². The van der Waals surface area contributed by atoms with Crippen molar-refractivity contribution in [2.24, 2.45) is 0 Å². The third-order valence-corrected chi connectivity index (χ3v) is 2.59. The fraction of sp³-hybridized carbons (Fsp3) is 0.0833. The quantitative estimate of drug-likeness (QED) is 0.890. The first-order chi connectivity index (χ1) is 8.95. The van der Waals surface area contributed by atoms with Crippen molar-refractivity contribution >= 4 is 16.9 Å². The second-order valence-corrected chi connectivity index (χ2v) is 3.75. The first-order valence-corrected chi connectivity index (χ1v) is 5.08. The monoisotopic (exact) mass is 264 g/mol. The van der Waals surface area contributed by atoms with Crippen LogP contribution in [0.4, 0.5) is 8.78 Å². The molecule has 1 aromatic heterocycles. The molecule has 1 N–H and O–H groups in total. The number of hydrogen-bond acceptors (Lipinski definition) is 3. The number of nitriles is 1. The van der Waals surface area contributed by atoms with E-state index in [4.69, 9.17) is 10.4 Å². The highest BCUT2D eigenvalue weighted by atomic mass is 19.2. The van der Waals surface area contributed by atoms with E-state index in [1.807, 2.05) is 0 Å². The summed E-state index contributed by atoms with van der Waals surface area (Å²) in [5.74, 6) is -3.93. The van der Waals surface area contributed by atoms with Crippen molar-refractivity contribution < 1.29 is 18.7 Å². The van der Waals surface area contributed by atoms with Gasteiger partial charge in [-0.15, -0.1) is 0 Å². The number of halogens is 2. The summed E-state index contributed by atoms with van der Waals surface area (Å²) in [6.45, 7) is -0.290. The Kier molecular flexibility index (Phi) is 3.00. The van der Waals surface area contributed by atoms with Gasteiger partial charge in [0.05, 0.1) is 11.6 Å². The van der Waals surface area contributed by atoms with E-state index >= 15 is 0 Å². The molecular weight excluding hydrogens is 258 g/mol. The molecule has 0 fully saturated rings. The average molecular weight is 264 g/mol. The van der Waals surface area contributed by atoms with Gasteiger partial charge >= 0.3 is 5.97 Å². The fourth-order valence-electron chi connectivity index (χ4n) is 1.74. The summed E-state index contributed by atoms with van der Waals surface area (Å²) in [5.41, 5.74) is -1.56. The molecule has 0 atom stereocenters. The highest BCUT2D eigenvalue weighted by molar-refractivity contribution is 5.92. The van der Waals surface area contributed by atoms with Gasteiger partial charge in [0.2, 0.25) is 5.43 Å². The van der Waals surface area contributed by atoms with Crippen LogP contribution >= 0.6 is 0 Å². The summed E-state index contributed by atoms with van der Waals surface area (Å²) in [4.78, 5) is 22.7. The fourth-order valence-corrected chi connectivity index (χ4v) is 1.74. The van der Waals surface area contributed by atoms with E-state index in [1.54, 1.807) is 6.07 Å². The first-order valence-electron chi connectivity index (χ1n) is 5.08. The van der Waals surface area contributed by atoms with Gasteiger partial charge in [0, 0.05) is 17.6 Å². The minimum atomic E-state index is -1.50. The number of aromatic nitrogens is 1. The summed E-state index contributed by atoms with van der Waals surface area (Å²) in [7, 11) is 0. The molecule has 0 unspecified atom stereocenters. The van der Waals surface area contributed by atoms with Gasteiger partial charge in [-0.3, -0.25) is 4.79 Å². The van der Waals surface area contributed by atoms with Crippen LogP contribution in [0, 0.1) is 23.0 Å². The van der Waals surface area contributed by atoms with E-state index in [0.717, 1.165) is 16.8 Å². The van der Waals surface area contributed by atoms with Crippen LogP contribution in [0.2, 0.25) is 0 Å². The van der Waals surface area contributed by atoms with Gasteiger partial charge in [-0.05, 0) is 6.07 Å². The van der Waals surface area contributed by atoms with Gasteiger partial charge in [-0.1, -0.05) is 0 Å². The molecular formula is C12H6F2N2O3. The Labute approximate surface area is 104 Å². The summed E-state index contributed by atoms with van der Waals surface area (Å²) >= 11 is 0. The maximum absolute atomic E-state index is 13.2. The predicted octanol–water partition coefficient (Wildman–Crippen LogP) is 1.50. The van der Waals surface area contributed by atoms with Gasteiger partial charge in [0.25, 0.3) is 0 Å². The summed E-state index contributed by atoms with van der Waals surface area (Å²) < 4.78 is 27.4. The lowest BCUT2D eigenvalue weighted by molar-refractivity contribution is 0.0695. The zero-order valence-corrected chi connectivity index (χ0v) is 9.35. The molecule has 0 aliphatic rings. The zero-order chi connectivity index (χ0) is 14.2. The first kappa shape index (κ1) is 12.7. The molecule has 1 aromatic carbocycles. The molecule has 0 radical (unpaired) electrons. The summed E-state index contributed by atoms with van der Waals surface area (Å²) in [6, 6.07) is 3.14. The van der Waals surface area contributed by atoms with Gasteiger partial charge in [0.1, 0.15) is 12.1 Å². The SMILES string of the molecule is N#CCn1cc(C(=O)O)c(=O)c2cc(F)c(F)cc21. The number of nitrogens with zero attached hydrogens (tertiary/aromatic N) is 2. The molecule has 1 heterocycles. The minimum Gasteiger partial charge on any atom is -0.477 e. The molecule has 0 aliphatic heterocycles. The molecule has 0 aliphatic carbocycles. The minimum absolute atomic E-state index is 0.0320. The Hall–Kier alpha value is -2.75. The van der Waals surface area contributed by atoms with E-state index in [-0.39, 0.29) is 17.4 Å². The van der Waals surface area contributed by atoms with E-state index in [0.29, 0.717) is 6.07 Å². The van der Waals surface area contributed by atoms with Gasteiger partial charge in [-0.25, -0.2) is 13.6 Å². The molecule has 2 rings (SSSR count). The van der Waals surface area contributed by atoms with Crippen LogP contribution in [-0.2, 0) is 6.54 Å². The molecule has 0 spiro atoms. The van der Waals surface area contributed by atoms with Crippen molar-refractivity contribution in [1.82, 2.24) is 4.57 Å². The molecule has 2 aromatic rings. The lowest BCUT2D eigenvalue weighted by Gasteiger charge is -2.09. The Balaban J connectivity index is 2.97. The van der Waals surface area contributed by atoms with Crippen LogP contribution < -0.4 is 5.43 Å². The number of carbonyl (C=O) groups is 1. The second-order valence-electron chi connectivity index (χ2n) is 3.75. The van der Waals surface area contributed by atoms with Crippen molar-refractivity contribution in [2.75, 3.05) is 0 Å². The van der Waals surface area contributed by atoms with E-state index in [9.17, 15) is 18.4 Å². The molecule has 5 nitrogen and oxygen atoms in total. The van der Waals surface area contributed by atoms with Crippen molar-refractivity contribution in [3.8, 4) is 6.07 Å². The molecule has 96 valence electrons. The smallest absolute Gasteiger partial charge is 0.341 e. The standard InChI is InChI=1S/C12H6F2N2O3/c13-8-3-6-10(4-9(8)14)16(2-1-15)5-7(11(6)17)12(18)19/h3-5H,2H2,(H,18,19). The number of aromatic carboxylic acids is 1. The highest BCUT2D eigenvalue weighted by Gasteiger charge is 2.16. The van der Waals surface area contributed by atoms with Crippen molar-refractivity contribution in [1.29, 1.82) is 5.26 Å². The van der Waals surface area contributed by atoms with Crippen LogP contribution in [0.1, 0.15) is 10.4 Å². The van der Waals surface area contributed by atoms with Crippen molar-refractivity contribution in [3.63, 3.8) is 0 Å². The van der Waals surface area contributed by atoms with E-state index in [1.165, 1.54) is 0 Å². The summed E-state index contributed by atoms with van der Waals surface area (Å²) in [6.07, 6.45) is 0.938. The Bertz CT molecular complexity index is 790. The molecule has 19 heavy (non-hydrogen) atoms. The number of carboxylic acid groups (broad SMARTS) is 1. The number of rotatable bonds is 2. The van der Waals surface area contributed by atoms with Crippen molar-refractivity contribution in [3.05, 3.63) is 45.8 Å². The van der Waals surface area contributed by atoms with Crippen molar-refractivity contribution in [2.45, 2.75) is 6.54 Å². The Morgan fingerprint density at radius 3 is 2.58 bits per heavy atom. The number of fused-ring (bicyclic) bond motifs is 1. The number of pyridine rings is 1. The molecule has 0 saturated heterocycles. The maximum Gasteiger partial charge on any atom is 0.341 e. The van der Waals surface area contributed by atoms with Gasteiger partial charge < -0.3 is 9.67 Å². The van der Waals surface area contributed by atoms with Crippen LogP contribution in [0.3, 0.4) is 0 Å². The topological polar surface area (TPSA) is 83.1 Å². The Morgan fingerprint density at radius 1 is 1.37 bits per heavy atom. The molecule has 0 saturated carbocycles. The van der Waals surface area contributed by atoms with Gasteiger partial charge in [0.15, 0.2) is 11.6 Å². The lowest BCUT2D eigenvalue weighted by atomic mass is 10.1. The number of benzene rings is 1. The zero-order valence-electron chi connectivity index (χ0n) is 9.35. The average Bonchev–Trinajstić information content (AvgIpc) is 2.35. The Morgan fingerprint density at radius 2 is 2.00 bits per heavy atom. The van der Waals surface area contributed by atoms with Crippen LogP contribution in [0.5, 0.6) is 0 Å². The molecule has 7 heteroatoms. The van der Waals surface area contributed by atoms with Gasteiger partial charge in [-0.2, -0.15) is 5.26 Å². The molecule has 0 bridgehead atoms. The maximum atomic E-state index is 13.2. The van der Waals surface area contributed by atoms with Crippen LogP contribution in [-0.4, -0.2) is 15.6 Å². The number of hydrogen-bond donors (Lipinski definition) is 1. The third kappa shape index (κ3) is 2.04. The van der Waals surface area contributed by atoms with Crippen LogP contribution in [0.25, 0.3) is 10.9 Å². The second kappa shape index (κ2) is 4.49. The third-order valence-electron chi connectivity index (χ3n) is 2.59. The largest absolute Gasteiger partial charge is 0.477 e. The highest BCUT2D eigenvalue weighted by Crippen LogP contribution is 2.17. The normalized spacial score (nSPS) is 10.4. The lowest BCUT2D eigenvalue weighted by Crippen LogP contribution is -2.19. The number of carboxylic acids is 1. The predicted molar refractivity (Wildman–Crippen MR) is 60.7 cm³/mol. The van der Waals surface area contributed by atoms with E-state index < -0.39 is 28.6 Å². The molecule has 0 amide bonds. The summed E-state index contributed by atoms with van der Waals surface area (Å²) in [5, 5.41) is 17.2.